The highest BCUT2D eigenvalue weighted by atomic mass is 35.5. The standard InChI is InChI=1S/C22H17Cl2N7O2/c23-16-2-1-3-17(24)20(16)31-12-18(19(29-31)21(26)33)27-14-6-4-13(5-7-14)22-28-15(10-25)11-30(22)8-9-32/h1-7,11-12,27,32H,8-9H2,(H2,26,33). The first-order valence-electron chi connectivity index (χ1n) is 9.70. The summed E-state index contributed by atoms with van der Waals surface area (Å²) >= 11 is 12.5. The molecule has 11 heteroatoms. The summed E-state index contributed by atoms with van der Waals surface area (Å²) < 4.78 is 3.11. The van der Waals surface area contributed by atoms with Gasteiger partial charge in [-0.05, 0) is 36.4 Å². The Labute approximate surface area is 198 Å². The molecule has 0 atom stereocenters. The summed E-state index contributed by atoms with van der Waals surface area (Å²) in [4.78, 5) is 16.3. The van der Waals surface area contributed by atoms with E-state index in [1.165, 1.54) is 4.68 Å². The van der Waals surface area contributed by atoms with Crippen LogP contribution in [0, 0.1) is 11.3 Å². The van der Waals surface area contributed by atoms with Crippen molar-refractivity contribution in [2.45, 2.75) is 6.54 Å². The van der Waals surface area contributed by atoms with Gasteiger partial charge in [-0.15, -0.1) is 0 Å². The maximum Gasteiger partial charge on any atom is 0.271 e. The molecule has 9 nitrogen and oxygen atoms in total. The minimum atomic E-state index is -0.717. The Morgan fingerprint density at radius 2 is 1.85 bits per heavy atom. The van der Waals surface area contributed by atoms with E-state index < -0.39 is 5.91 Å². The minimum Gasteiger partial charge on any atom is -0.395 e. The zero-order valence-corrected chi connectivity index (χ0v) is 18.5. The summed E-state index contributed by atoms with van der Waals surface area (Å²) in [6.45, 7) is 0.235. The van der Waals surface area contributed by atoms with Gasteiger partial charge < -0.3 is 20.7 Å². The van der Waals surface area contributed by atoms with Gasteiger partial charge in [0, 0.05) is 24.0 Å². The lowest BCUT2D eigenvalue weighted by atomic mass is 10.2. The van der Waals surface area contributed by atoms with Crippen LogP contribution < -0.4 is 11.1 Å². The Morgan fingerprint density at radius 3 is 2.45 bits per heavy atom. The highest BCUT2D eigenvalue weighted by molar-refractivity contribution is 6.37. The van der Waals surface area contributed by atoms with Crippen molar-refractivity contribution >= 4 is 40.5 Å². The molecule has 0 spiro atoms. The molecule has 0 aliphatic carbocycles. The summed E-state index contributed by atoms with van der Waals surface area (Å²) in [7, 11) is 0. The van der Waals surface area contributed by atoms with Crippen LogP contribution in [0.15, 0.2) is 54.9 Å². The number of aliphatic hydroxyl groups excluding tert-OH is 1. The quantitative estimate of drug-likeness (QED) is 0.367. The molecule has 2 aromatic carbocycles. The third-order valence-corrected chi connectivity index (χ3v) is 5.38. The number of para-hydroxylation sites is 1. The summed E-state index contributed by atoms with van der Waals surface area (Å²) in [6, 6.07) is 14.2. The Balaban J connectivity index is 1.65. The fourth-order valence-electron chi connectivity index (χ4n) is 3.31. The number of carbonyl (C=O) groups excluding carboxylic acids is 1. The normalized spacial score (nSPS) is 10.7. The third-order valence-electron chi connectivity index (χ3n) is 4.77. The number of primary amides is 1. The maximum atomic E-state index is 12.0. The molecule has 0 saturated carbocycles. The number of nitrogens with one attached hydrogen (secondary N) is 1. The van der Waals surface area contributed by atoms with Crippen LogP contribution in [0.25, 0.3) is 17.1 Å². The van der Waals surface area contributed by atoms with Crippen molar-refractivity contribution in [2.24, 2.45) is 5.73 Å². The first kappa shape index (κ1) is 22.4. The molecule has 0 radical (unpaired) electrons. The molecular weight excluding hydrogens is 465 g/mol. The van der Waals surface area contributed by atoms with Gasteiger partial charge in [0.05, 0.1) is 28.5 Å². The van der Waals surface area contributed by atoms with Gasteiger partial charge in [-0.3, -0.25) is 4.79 Å². The van der Waals surface area contributed by atoms with Crippen molar-refractivity contribution in [1.29, 1.82) is 5.26 Å². The van der Waals surface area contributed by atoms with Crippen LogP contribution in [0.2, 0.25) is 10.0 Å². The summed E-state index contributed by atoms with van der Waals surface area (Å²) in [5, 5.41) is 26.5. The van der Waals surface area contributed by atoms with E-state index >= 15 is 0 Å². The Morgan fingerprint density at radius 1 is 1.15 bits per heavy atom. The van der Waals surface area contributed by atoms with Crippen LogP contribution in [-0.2, 0) is 6.54 Å². The van der Waals surface area contributed by atoms with E-state index in [1.54, 1.807) is 59.4 Å². The number of anilines is 2. The van der Waals surface area contributed by atoms with Crippen molar-refractivity contribution in [3.63, 3.8) is 0 Å². The lowest BCUT2D eigenvalue weighted by Gasteiger charge is -2.08. The van der Waals surface area contributed by atoms with Crippen molar-refractivity contribution in [3.05, 3.63) is 76.3 Å². The van der Waals surface area contributed by atoms with E-state index in [1.807, 2.05) is 6.07 Å². The van der Waals surface area contributed by atoms with Crippen LogP contribution in [0.5, 0.6) is 0 Å². The average Bonchev–Trinajstić information content (AvgIpc) is 3.39. The predicted octanol–water partition coefficient (Wildman–Crippen LogP) is 3.75. The molecule has 4 aromatic rings. The number of aliphatic hydroxyl groups is 1. The second kappa shape index (κ2) is 9.34. The minimum absolute atomic E-state index is 0.0206. The molecule has 4 N–H and O–H groups in total. The molecule has 4 rings (SSSR count). The number of nitrogens with zero attached hydrogens (tertiary/aromatic N) is 5. The number of imidazole rings is 1. The van der Waals surface area contributed by atoms with Gasteiger partial charge in [0.1, 0.15) is 17.6 Å². The molecule has 2 heterocycles. The molecule has 0 bridgehead atoms. The number of amides is 1. The number of nitriles is 1. The van der Waals surface area contributed by atoms with Gasteiger partial charge in [0.15, 0.2) is 11.4 Å². The smallest absolute Gasteiger partial charge is 0.271 e. The Hall–Kier alpha value is -3.84. The lowest BCUT2D eigenvalue weighted by Crippen LogP contribution is -2.14. The zero-order valence-electron chi connectivity index (χ0n) is 17.0. The zero-order chi connectivity index (χ0) is 23.5. The monoisotopic (exact) mass is 481 g/mol. The fraction of sp³-hybridized carbons (Fsp3) is 0.0909. The molecule has 0 aliphatic heterocycles. The highest BCUT2D eigenvalue weighted by Crippen LogP contribution is 2.31. The summed E-state index contributed by atoms with van der Waals surface area (Å²) in [5.74, 6) is -0.155. The lowest BCUT2D eigenvalue weighted by molar-refractivity contribution is 0.0996. The number of hydrogen-bond acceptors (Lipinski definition) is 6. The molecule has 0 saturated heterocycles. The Bertz CT molecular complexity index is 1350. The van der Waals surface area contributed by atoms with Gasteiger partial charge in [-0.2, -0.15) is 10.4 Å². The van der Waals surface area contributed by atoms with Crippen molar-refractivity contribution < 1.29 is 9.90 Å². The first-order chi connectivity index (χ1) is 15.9. The first-order valence-corrected chi connectivity index (χ1v) is 10.5. The average molecular weight is 482 g/mol. The molecule has 2 aromatic heterocycles. The largest absolute Gasteiger partial charge is 0.395 e. The second-order valence-corrected chi connectivity index (χ2v) is 7.77. The third kappa shape index (κ3) is 4.54. The fourth-order valence-corrected chi connectivity index (χ4v) is 3.88. The number of aromatic nitrogens is 4. The van der Waals surface area contributed by atoms with Crippen LogP contribution in [0.1, 0.15) is 16.2 Å². The summed E-state index contributed by atoms with van der Waals surface area (Å²) in [5.41, 5.74) is 8.01. The van der Waals surface area contributed by atoms with Crippen LogP contribution in [-0.4, -0.2) is 37.0 Å². The van der Waals surface area contributed by atoms with Gasteiger partial charge in [-0.25, -0.2) is 9.67 Å². The van der Waals surface area contributed by atoms with E-state index in [-0.39, 0.29) is 18.0 Å². The number of rotatable bonds is 7. The molecule has 166 valence electrons. The molecule has 0 aliphatic rings. The van der Waals surface area contributed by atoms with Crippen molar-refractivity contribution in [2.75, 3.05) is 11.9 Å². The number of carbonyl (C=O) groups is 1. The van der Waals surface area contributed by atoms with Gasteiger partial charge in [0.2, 0.25) is 0 Å². The molecule has 0 fully saturated rings. The Kier molecular flexibility index (Phi) is 6.33. The molecular formula is C22H17Cl2N7O2. The highest BCUT2D eigenvalue weighted by Gasteiger charge is 2.18. The number of nitrogens with two attached hydrogens (primary N) is 1. The second-order valence-electron chi connectivity index (χ2n) is 6.95. The van der Waals surface area contributed by atoms with Gasteiger partial charge in [-0.1, -0.05) is 29.3 Å². The number of benzene rings is 2. The van der Waals surface area contributed by atoms with E-state index in [0.717, 1.165) is 5.56 Å². The van der Waals surface area contributed by atoms with Gasteiger partial charge in [0.25, 0.3) is 5.91 Å². The van der Waals surface area contributed by atoms with Crippen LogP contribution in [0.4, 0.5) is 11.4 Å². The van der Waals surface area contributed by atoms with Crippen molar-refractivity contribution in [1.82, 2.24) is 19.3 Å². The van der Waals surface area contributed by atoms with E-state index in [2.05, 4.69) is 15.4 Å². The summed E-state index contributed by atoms with van der Waals surface area (Å²) in [6.07, 6.45) is 3.17. The maximum absolute atomic E-state index is 12.0. The van der Waals surface area contributed by atoms with Gasteiger partial charge >= 0.3 is 0 Å². The topological polar surface area (TPSA) is 135 Å². The number of hydrogen-bond donors (Lipinski definition) is 3. The molecule has 1 amide bonds. The van der Waals surface area contributed by atoms with E-state index in [4.69, 9.17) is 34.2 Å². The predicted molar refractivity (Wildman–Crippen MR) is 125 cm³/mol. The molecule has 0 unspecified atom stereocenters. The molecule has 33 heavy (non-hydrogen) atoms. The SMILES string of the molecule is N#Cc1cn(CCO)c(-c2ccc(Nc3cn(-c4c(Cl)cccc4Cl)nc3C(N)=O)cc2)n1. The van der Waals surface area contributed by atoms with Crippen LogP contribution >= 0.6 is 23.2 Å². The van der Waals surface area contributed by atoms with E-state index in [0.29, 0.717) is 39.5 Å². The number of halogens is 2. The van der Waals surface area contributed by atoms with E-state index in [9.17, 15) is 9.90 Å². The van der Waals surface area contributed by atoms with Crippen LogP contribution in [0.3, 0.4) is 0 Å². The van der Waals surface area contributed by atoms with Crippen molar-refractivity contribution in [3.8, 4) is 23.1 Å².